The molecule has 0 heterocycles. The molecule has 1 aromatic rings. The average molecular weight is 305 g/mol. The third kappa shape index (κ3) is 5.60. The Morgan fingerprint density at radius 1 is 1.27 bits per heavy atom. The molecule has 0 amide bonds. The summed E-state index contributed by atoms with van der Waals surface area (Å²) in [6.07, 6.45) is 0.632. The van der Waals surface area contributed by atoms with Crippen molar-refractivity contribution in [2.75, 3.05) is 0 Å². The number of allylic oxidation sites excluding steroid dienone is 1. The van der Waals surface area contributed by atoms with E-state index in [1.165, 1.54) is 0 Å². The summed E-state index contributed by atoms with van der Waals surface area (Å²) in [5.74, 6) is -0.603. The molecule has 1 aromatic carbocycles. The van der Waals surface area contributed by atoms with Crippen molar-refractivity contribution < 1.29 is 19.4 Å². The summed E-state index contributed by atoms with van der Waals surface area (Å²) in [6.45, 7) is 9.46. The topological polar surface area (TPSA) is 75.6 Å². The normalized spacial score (nSPS) is 11.8. The summed E-state index contributed by atoms with van der Waals surface area (Å²) in [6, 6.07) is 6.11. The predicted octanol–water partition coefficient (Wildman–Crippen LogP) is 2.76. The maximum absolute atomic E-state index is 11.3. The highest BCUT2D eigenvalue weighted by Crippen LogP contribution is 2.15. The molecule has 1 rings (SSSR count). The van der Waals surface area contributed by atoms with Gasteiger partial charge in [-0.2, -0.15) is 0 Å². The van der Waals surface area contributed by atoms with E-state index in [0.29, 0.717) is 24.3 Å². The van der Waals surface area contributed by atoms with Crippen LogP contribution >= 0.6 is 0 Å². The van der Waals surface area contributed by atoms with Crippen LogP contribution in [0.5, 0.6) is 5.75 Å². The fourth-order valence-corrected chi connectivity index (χ4v) is 1.72. The minimum Gasteiger partial charge on any atom is -0.480 e. The second-order valence-electron chi connectivity index (χ2n) is 5.39. The Balaban J connectivity index is 2.72. The number of esters is 1. The van der Waals surface area contributed by atoms with Gasteiger partial charge in [-0.1, -0.05) is 39.5 Å². The first kappa shape index (κ1) is 17.8. The van der Waals surface area contributed by atoms with Crippen LogP contribution in [-0.4, -0.2) is 23.1 Å². The SMILES string of the molecule is C=C(NC(Cc1ccc(OC(=O)CC)cc1)C(=O)O)C(C)C. The van der Waals surface area contributed by atoms with Crippen LogP contribution in [0.15, 0.2) is 36.5 Å². The van der Waals surface area contributed by atoms with Crippen molar-refractivity contribution in [3.63, 3.8) is 0 Å². The van der Waals surface area contributed by atoms with Gasteiger partial charge in [0, 0.05) is 18.5 Å². The molecular weight excluding hydrogens is 282 g/mol. The van der Waals surface area contributed by atoms with Crippen LogP contribution in [0.2, 0.25) is 0 Å². The molecule has 0 radical (unpaired) electrons. The number of nitrogens with one attached hydrogen (secondary N) is 1. The number of aliphatic carboxylic acids is 1. The number of hydrogen-bond acceptors (Lipinski definition) is 4. The predicted molar refractivity (Wildman–Crippen MR) is 84.6 cm³/mol. The van der Waals surface area contributed by atoms with Crippen molar-refractivity contribution in [2.45, 2.75) is 39.7 Å². The molecule has 5 nitrogen and oxygen atoms in total. The Kier molecular flexibility index (Phi) is 6.63. The van der Waals surface area contributed by atoms with Crippen LogP contribution in [0, 0.1) is 5.92 Å². The van der Waals surface area contributed by atoms with E-state index in [-0.39, 0.29) is 11.9 Å². The summed E-state index contributed by atoms with van der Waals surface area (Å²) >= 11 is 0. The Morgan fingerprint density at radius 2 is 1.86 bits per heavy atom. The Hall–Kier alpha value is -2.30. The monoisotopic (exact) mass is 305 g/mol. The summed E-state index contributed by atoms with van der Waals surface area (Å²) < 4.78 is 5.08. The van der Waals surface area contributed by atoms with Gasteiger partial charge in [0.1, 0.15) is 11.8 Å². The molecule has 2 N–H and O–H groups in total. The van der Waals surface area contributed by atoms with Gasteiger partial charge in [0.05, 0.1) is 0 Å². The van der Waals surface area contributed by atoms with Crippen LogP contribution in [0.3, 0.4) is 0 Å². The molecule has 0 saturated carbocycles. The van der Waals surface area contributed by atoms with E-state index >= 15 is 0 Å². The number of benzene rings is 1. The number of carboxylic acids is 1. The van der Waals surface area contributed by atoms with Crippen molar-refractivity contribution >= 4 is 11.9 Å². The quantitative estimate of drug-likeness (QED) is 0.570. The zero-order valence-corrected chi connectivity index (χ0v) is 13.3. The molecule has 0 saturated heterocycles. The third-order valence-electron chi connectivity index (χ3n) is 3.24. The van der Waals surface area contributed by atoms with Crippen LogP contribution in [0.25, 0.3) is 0 Å². The number of carboxylic acid groups (broad SMARTS) is 1. The van der Waals surface area contributed by atoms with E-state index in [9.17, 15) is 14.7 Å². The van der Waals surface area contributed by atoms with Gasteiger partial charge in [-0.05, 0) is 23.6 Å². The number of carbonyl (C=O) groups excluding carboxylic acids is 1. The number of hydrogen-bond donors (Lipinski definition) is 2. The van der Waals surface area contributed by atoms with Gasteiger partial charge in [0.15, 0.2) is 0 Å². The van der Waals surface area contributed by atoms with E-state index in [4.69, 9.17) is 4.74 Å². The van der Waals surface area contributed by atoms with E-state index in [0.717, 1.165) is 5.56 Å². The number of ether oxygens (including phenoxy) is 1. The number of rotatable bonds is 8. The molecule has 0 aliphatic carbocycles. The van der Waals surface area contributed by atoms with Gasteiger partial charge in [-0.3, -0.25) is 4.79 Å². The first-order valence-electron chi connectivity index (χ1n) is 7.31. The molecule has 1 unspecified atom stereocenters. The highest BCUT2D eigenvalue weighted by molar-refractivity contribution is 5.74. The lowest BCUT2D eigenvalue weighted by Crippen LogP contribution is -2.38. The first-order chi connectivity index (χ1) is 10.3. The minimum absolute atomic E-state index is 0.165. The average Bonchev–Trinajstić information content (AvgIpc) is 2.47. The maximum atomic E-state index is 11.3. The molecule has 120 valence electrons. The van der Waals surface area contributed by atoms with E-state index in [1.807, 2.05) is 13.8 Å². The molecule has 0 bridgehead atoms. The van der Waals surface area contributed by atoms with Crippen LogP contribution in [-0.2, 0) is 16.0 Å². The smallest absolute Gasteiger partial charge is 0.326 e. The van der Waals surface area contributed by atoms with Crippen LogP contribution < -0.4 is 10.1 Å². The van der Waals surface area contributed by atoms with Crippen molar-refractivity contribution in [1.29, 1.82) is 0 Å². The van der Waals surface area contributed by atoms with Crippen molar-refractivity contribution in [3.8, 4) is 5.75 Å². The molecule has 0 fully saturated rings. The van der Waals surface area contributed by atoms with Gasteiger partial charge in [0.2, 0.25) is 0 Å². The van der Waals surface area contributed by atoms with Crippen LogP contribution in [0.1, 0.15) is 32.8 Å². The van der Waals surface area contributed by atoms with E-state index < -0.39 is 12.0 Å². The largest absolute Gasteiger partial charge is 0.480 e. The summed E-state index contributed by atoms with van der Waals surface area (Å²) in [7, 11) is 0. The lowest BCUT2D eigenvalue weighted by atomic mass is 10.0. The second-order valence-corrected chi connectivity index (χ2v) is 5.39. The van der Waals surface area contributed by atoms with Gasteiger partial charge in [-0.15, -0.1) is 0 Å². The molecule has 5 heteroatoms. The fourth-order valence-electron chi connectivity index (χ4n) is 1.72. The first-order valence-corrected chi connectivity index (χ1v) is 7.31. The molecule has 0 aromatic heterocycles. The Morgan fingerprint density at radius 3 is 2.32 bits per heavy atom. The van der Waals surface area contributed by atoms with Crippen molar-refractivity contribution in [1.82, 2.24) is 5.32 Å². The van der Waals surface area contributed by atoms with Crippen molar-refractivity contribution in [3.05, 3.63) is 42.1 Å². The Labute approximate surface area is 131 Å². The zero-order chi connectivity index (χ0) is 16.7. The molecule has 1 atom stereocenters. The van der Waals surface area contributed by atoms with Crippen molar-refractivity contribution in [2.24, 2.45) is 5.92 Å². The molecule has 0 spiro atoms. The highest BCUT2D eigenvalue weighted by Gasteiger charge is 2.19. The summed E-state index contributed by atoms with van der Waals surface area (Å²) in [5.41, 5.74) is 1.54. The molecule has 22 heavy (non-hydrogen) atoms. The van der Waals surface area contributed by atoms with Gasteiger partial charge < -0.3 is 15.2 Å². The third-order valence-corrected chi connectivity index (χ3v) is 3.24. The van der Waals surface area contributed by atoms with E-state index in [1.54, 1.807) is 31.2 Å². The lowest BCUT2D eigenvalue weighted by Gasteiger charge is -2.19. The minimum atomic E-state index is -0.928. The van der Waals surface area contributed by atoms with Crippen LogP contribution in [0.4, 0.5) is 0 Å². The van der Waals surface area contributed by atoms with Gasteiger partial charge >= 0.3 is 11.9 Å². The molecule has 0 aliphatic rings. The maximum Gasteiger partial charge on any atom is 0.326 e. The molecular formula is C17H23NO4. The summed E-state index contributed by atoms with van der Waals surface area (Å²) in [5, 5.41) is 12.2. The Bertz CT molecular complexity index is 534. The summed E-state index contributed by atoms with van der Waals surface area (Å²) in [4.78, 5) is 22.5. The van der Waals surface area contributed by atoms with E-state index in [2.05, 4.69) is 11.9 Å². The lowest BCUT2D eigenvalue weighted by molar-refractivity contribution is -0.139. The van der Waals surface area contributed by atoms with Gasteiger partial charge in [-0.25, -0.2) is 4.79 Å². The van der Waals surface area contributed by atoms with Gasteiger partial charge in [0.25, 0.3) is 0 Å². The fraction of sp³-hybridized carbons (Fsp3) is 0.412. The number of carbonyl (C=O) groups is 2. The zero-order valence-electron chi connectivity index (χ0n) is 13.3. The second kappa shape index (κ2) is 8.22. The molecule has 0 aliphatic heterocycles. The highest BCUT2D eigenvalue weighted by atomic mass is 16.5. The standard InChI is InChI=1S/C17H23NO4/c1-5-16(19)22-14-8-6-13(7-9-14)10-15(17(20)21)18-12(4)11(2)3/h6-9,11,15,18H,4-5,10H2,1-3H3,(H,20,21).